The van der Waals surface area contributed by atoms with E-state index in [9.17, 15) is 14.0 Å². The number of fused-ring (bicyclic) bond motifs is 1. The first-order valence-corrected chi connectivity index (χ1v) is 7.07. The Morgan fingerprint density at radius 1 is 1.14 bits per heavy atom. The Kier molecular flexibility index (Phi) is 3.87. The highest BCUT2D eigenvalue weighted by atomic mass is 19.1. The van der Waals surface area contributed by atoms with Gasteiger partial charge in [0.1, 0.15) is 5.82 Å². The van der Waals surface area contributed by atoms with Crippen LogP contribution in [0.1, 0.15) is 12.0 Å². The number of rotatable bonds is 2. The lowest BCUT2D eigenvalue weighted by molar-refractivity contribution is -0.118. The van der Waals surface area contributed by atoms with Gasteiger partial charge in [-0.25, -0.2) is 4.39 Å². The Morgan fingerprint density at radius 2 is 1.86 bits per heavy atom. The maximum Gasteiger partial charge on any atom is 0.231 e. The normalized spacial score (nSPS) is 14.0. The molecule has 22 heavy (non-hydrogen) atoms. The van der Waals surface area contributed by atoms with Crippen molar-refractivity contribution in [2.75, 3.05) is 16.8 Å². The fourth-order valence-corrected chi connectivity index (χ4v) is 2.49. The Morgan fingerprint density at radius 3 is 2.64 bits per heavy atom. The smallest absolute Gasteiger partial charge is 0.231 e. The zero-order valence-corrected chi connectivity index (χ0v) is 11.9. The molecule has 0 saturated carbocycles. The van der Waals surface area contributed by atoms with Crippen molar-refractivity contribution in [1.82, 2.24) is 0 Å². The number of hydrogen-bond acceptors (Lipinski definition) is 2. The van der Waals surface area contributed by atoms with Crippen LogP contribution in [0.5, 0.6) is 0 Å². The van der Waals surface area contributed by atoms with E-state index >= 15 is 0 Å². The number of hydrogen-bond donors (Lipinski definition) is 1. The third-order valence-corrected chi connectivity index (χ3v) is 3.60. The maximum absolute atomic E-state index is 12.9. The van der Waals surface area contributed by atoms with Gasteiger partial charge in [0.15, 0.2) is 0 Å². The summed E-state index contributed by atoms with van der Waals surface area (Å²) in [6.07, 6.45) is 0.423. The van der Waals surface area contributed by atoms with Crippen molar-refractivity contribution in [2.24, 2.45) is 0 Å². The fourth-order valence-electron chi connectivity index (χ4n) is 2.49. The zero-order valence-electron chi connectivity index (χ0n) is 11.9. The summed E-state index contributed by atoms with van der Waals surface area (Å²) in [7, 11) is 0. The molecule has 0 radical (unpaired) electrons. The van der Waals surface area contributed by atoms with Crippen molar-refractivity contribution in [3.8, 4) is 0 Å². The molecule has 1 heterocycles. The molecule has 0 aromatic heterocycles. The van der Waals surface area contributed by atoms with Gasteiger partial charge in [-0.2, -0.15) is 0 Å². The van der Waals surface area contributed by atoms with Crippen LogP contribution in [0.2, 0.25) is 0 Å². The van der Waals surface area contributed by atoms with Crippen LogP contribution in [0.25, 0.3) is 0 Å². The summed E-state index contributed by atoms with van der Waals surface area (Å²) in [5, 5.41) is 2.80. The quantitative estimate of drug-likeness (QED) is 0.927. The second-order valence-electron chi connectivity index (χ2n) is 5.16. The molecule has 2 amide bonds. The summed E-state index contributed by atoms with van der Waals surface area (Å²) in [5.41, 5.74) is 2.07. The number of halogens is 1. The van der Waals surface area contributed by atoms with E-state index in [4.69, 9.17) is 0 Å². The van der Waals surface area contributed by atoms with Gasteiger partial charge in [0.05, 0.1) is 17.8 Å². The highest BCUT2D eigenvalue weighted by Gasteiger charge is 2.23. The number of nitrogens with zero attached hydrogens (tertiary/aromatic N) is 1. The SMILES string of the molecule is O=C1CCN(C(=O)Cc2ccc(F)cc2)c2ccccc2N1. The van der Waals surface area contributed by atoms with Gasteiger partial charge >= 0.3 is 0 Å². The van der Waals surface area contributed by atoms with Gasteiger partial charge in [-0.05, 0) is 29.8 Å². The first-order chi connectivity index (χ1) is 10.6. The molecule has 1 aliphatic rings. The van der Waals surface area contributed by atoms with Crippen LogP contribution < -0.4 is 10.2 Å². The molecule has 1 N–H and O–H groups in total. The Balaban J connectivity index is 1.85. The summed E-state index contributed by atoms with van der Waals surface area (Å²) < 4.78 is 12.9. The van der Waals surface area contributed by atoms with Crippen LogP contribution in [0, 0.1) is 5.82 Å². The summed E-state index contributed by atoms with van der Waals surface area (Å²) in [4.78, 5) is 25.9. The molecule has 112 valence electrons. The molecule has 0 atom stereocenters. The van der Waals surface area contributed by atoms with E-state index < -0.39 is 0 Å². The molecule has 2 aromatic rings. The number of amides is 2. The lowest BCUT2D eigenvalue weighted by Crippen LogP contribution is -2.33. The number of carbonyl (C=O) groups excluding carboxylic acids is 2. The van der Waals surface area contributed by atoms with E-state index in [1.165, 1.54) is 12.1 Å². The van der Waals surface area contributed by atoms with Gasteiger partial charge in [0.25, 0.3) is 0 Å². The number of para-hydroxylation sites is 2. The van der Waals surface area contributed by atoms with E-state index in [1.54, 1.807) is 23.1 Å². The molecule has 5 heteroatoms. The highest BCUT2D eigenvalue weighted by Crippen LogP contribution is 2.28. The maximum atomic E-state index is 12.9. The van der Waals surface area contributed by atoms with E-state index in [-0.39, 0.29) is 30.5 Å². The van der Waals surface area contributed by atoms with Gasteiger partial charge in [-0.1, -0.05) is 24.3 Å². The van der Waals surface area contributed by atoms with Crippen LogP contribution in [0.3, 0.4) is 0 Å². The molecule has 0 bridgehead atoms. The standard InChI is InChI=1S/C17H15FN2O2/c18-13-7-5-12(6-8-13)11-17(22)20-10-9-16(21)19-14-3-1-2-4-15(14)20/h1-8H,9-11H2,(H,19,21). The molecule has 0 fully saturated rings. The van der Waals surface area contributed by atoms with Gasteiger partial charge < -0.3 is 10.2 Å². The first kappa shape index (κ1) is 14.3. The average molecular weight is 298 g/mol. The van der Waals surface area contributed by atoms with E-state index in [1.807, 2.05) is 18.2 Å². The number of nitrogens with one attached hydrogen (secondary N) is 1. The first-order valence-electron chi connectivity index (χ1n) is 7.07. The van der Waals surface area contributed by atoms with E-state index in [0.717, 1.165) is 5.56 Å². The number of benzene rings is 2. The predicted molar refractivity (Wildman–Crippen MR) is 82.1 cm³/mol. The average Bonchev–Trinajstić information content (AvgIpc) is 2.68. The van der Waals surface area contributed by atoms with Crippen molar-refractivity contribution in [3.05, 3.63) is 59.9 Å². The molecule has 0 aliphatic carbocycles. The largest absolute Gasteiger partial charge is 0.324 e. The molecule has 0 spiro atoms. The Labute approximate surface area is 127 Å². The predicted octanol–water partition coefficient (Wildman–Crippen LogP) is 2.74. The van der Waals surface area contributed by atoms with Crippen LogP contribution in [0.4, 0.5) is 15.8 Å². The lowest BCUT2D eigenvalue weighted by atomic mass is 10.1. The molecule has 0 unspecified atom stereocenters. The van der Waals surface area contributed by atoms with Crippen LogP contribution in [0.15, 0.2) is 48.5 Å². The van der Waals surface area contributed by atoms with Gasteiger partial charge in [-0.3, -0.25) is 9.59 Å². The van der Waals surface area contributed by atoms with E-state index in [0.29, 0.717) is 17.9 Å². The Bertz CT molecular complexity index is 713. The summed E-state index contributed by atoms with van der Waals surface area (Å²) in [6.45, 7) is 0.336. The highest BCUT2D eigenvalue weighted by molar-refractivity contribution is 6.04. The minimum Gasteiger partial charge on any atom is -0.324 e. The van der Waals surface area contributed by atoms with Crippen molar-refractivity contribution in [1.29, 1.82) is 0 Å². The molecular weight excluding hydrogens is 283 g/mol. The molecule has 4 nitrogen and oxygen atoms in total. The topological polar surface area (TPSA) is 49.4 Å². The van der Waals surface area contributed by atoms with Gasteiger partial charge in [0.2, 0.25) is 11.8 Å². The van der Waals surface area contributed by atoms with Crippen molar-refractivity contribution >= 4 is 23.2 Å². The lowest BCUT2D eigenvalue weighted by Gasteiger charge is -2.22. The molecular formula is C17H15FN2O2. The third-order valence-electron chi connectivity index (χ3n) is 3.60. The minimum absolute atomic E-state index is 0.107. The van der Waals surface area contributed by atoms with E-state index in [2.05, 4.69) is 5.32 Å². The van der Waals surface area contributed by atoms with Crippen molar-refractivity contribution in [3.63, 3.8) is 0 Å². The second-order valence-corrected chi connectivity index (χ2v) is 5.16. The molecule has 1 aliphatic heterocycles. The molecule has 0 saturated heterocycles. The molecule has 2 aromatic carbocycles. The zero-order chi connectivity index (χ0) is 15.5. The second kappa shape index (κ2) is 5.97. The minimum atomic E-state index is -0.328. The Hall–Kier alpha value is -2.69. The van der Waals surface area contributed by atoms with Crippen LogP contribution in [-0.4, -0.2) is 18.4 Å². The van der Waals surface area contributed by atoms with Gasteiger partial charge in [-0.15, -0.1) is 0 Å². The van der Waals surface area contributed by atoms with Crippen molar-refractivity contribution in [2.45, 2.75) is 12.8 Å². The monoisotopic (exact) mass is 298 g/mol. The summed E-state index contributed by atoms with van der Waals surface area (Å²) in [5.74, 6) is -0.550. The fraction of sp³-hybridized carbons (Fsp3) is 0.176. The van der Waals surface area contributed by atoms with Crippen LogP contribution >= 0.6 is 0 Å². The third kappa shape index (κ3) is 2.98. The van der Waals surface area contributed by atoms with Crippen LogP contribution in [-0.2, 0) is 16.0 Å². The summed E-state index contributed by atoms with van der Waals surface area (Å²) >= 11 is 0. The molecule has 3 rings (SSSR count). The number of anilines is 2. The van der Waals surface area contributed by atoms with Gasteiger partial charge in [0, 0.05) is 13.0 Å². The number of carbonyl (C=O) groups is 2. The summed E-state index contributed by atoms with van der Waals surface area (Å²) in [6, 6.07) is 13.1. The van der Waals surface area contributed by atoms with Crippen molar-refractivity contribution < 1.29 is 14.0 Å².